The second-order valence-electron chi connectivity index (χ2n) is 2.93. The maximum absolute atomic E-state index is 10.7. The summed E-state index contributed by atoms with van der Waals surface area (Å²) in [5.41, 5.74) is 0.687. The van der Waals surface area contributed by atoms with E-state index in [1.54, 1.807) is 12.1 Å². The van der Waals surface area contributed by atoms with Gasteiger partial charge in [-0.2, -0.15) is 0 Å². The maximum atomic E-state index is 10.7. The van der Waals surface area contributed by atoms with Crippen LogP contribution in [0, 0.1) is 10.1 Å². The van der Waals surface area contributed by atoms with Crippen molar-refractivity contribution in [1.29, 1.82) is 0 Å². The largest absolute Gasteiger partial charge is 0.395 e. The molecule has 5 nitrogen and oxygen atoms in total. The third-order valence-electron chi connectivity index (χ3n) is 1.85. The number of nitrogens with one attached hydrogen (secondary N) is 1. The van der Waals surface area contributed by atoms with Gasteiger partial charge in [-0.1, -0.05) is 15.9 Å². The number of benzene rings is 1. The van der Waals surface area contributed by atoms with Crippen molar-refractivity contribution in [3.63, 3.8) is 0 Å². The van der Waals surface area contributed by atoms with Crippen LogP contribution in [0.5, 0.6) is 0 Å². The van der Waals surface area contributed by atoms with Gasteiger partial charge in [0.25, 0.3) is 5.69 Å². The van der Waals surface area contributed by atoms with Gasteiger partial charge in [0.2, 0.25) is 0 Å². The van der Waals surface area contributed by atoms with E-state index in [9.17, 15) is 10.1 Å². The molecular formula is C9H11BrN2O3. The molecule has 0 atom stereocenters. The molecule has 0 amide bonds. The Hall–Kier alpha value is -0.980. The minimum absolute atomic E-state index is 0.0182. The number of nitro benzene ring substituents is 1. The molecule has 0 heterocycles. The molecule has 0 unspecified atom stereocenters. The van der Waals surface area contributed by atoms with Crippen molar-refractivity contribution in [1.82, 2.24) is 5.32 Å². The number of rotatable bonds is 5. The quantitative estimate of drug-likeness (QED) is 0.484. The summed E-state index contributed by atoms with van der Waals surface area (Å²) in [7, 11) is 0. The molecule has 0 saturated heterocycles. The third kappa shape index (κ3) is 3.58. The van der Waals surface area contributed by atoms with Gasteiger partial charge in [0.05, 0.1) is 11.5 Å². The van der Waals surface area contributed by atoms with E-state index in [1.807, 2.05) is 0 Å². The molecule has 0 spiro atoms. The molecule has 0 aliphatic rings. The van der Waals surface area contributed by atoms with Crippen LogP contribution >= 0.6 is 15.9 Å². The summed E-state index contributed by atoms with van der Waals surface area (Å²) < 4.78 is 0.681. The fourth-order valence-electron chi connectivity index (χ4n) is 1.16. The Balaban J connectivity index is 2.81. The summed E-state index contributed by atoms with van der Waals surface area (Å²) in [6.45, 7) is 0.821. The highest BCUT2D eigenvalue weighted by atomic mass is 79.9. The fourth-order valence-corrected chi connectivity index (χ4v) is 1.51. The maximum Gasteiger partial charge on any atom is 0.275 e. The average molecular weight is 275 g/mol. The summed E-state index contributed by atoms with van der Waals surface area (Å²) in [5, 5.41) is 22.2. The van der Waals surface area contributed by atoms with Gasteiger partial charge in [0.1, 0.15) is 0 Å². The second kappa shape index (κ2) is 5.79. The van der Waals surface area contributed by atoms with Crippen molar-refractivity contribution in [3.05, 3.63) is 38.3 Å². The molecule has 15 heavy (non-hydrogen) atoms. The van der Waals surface area contributed by atoms with E-state index in [4.69, 9.17) is 5.11 Å². The number of aliphatic hydroxyl groups is 1. The molecule has 82 valence electrons. The first-order valence-electron chi connectivity index (χ1n) is 4.39. The summed E-state index contributed by atoms with van der Waals surface area (Å²) in [5.74, 6) is 0. The van der Waals surface area contributed by atoms with Gasteiger partial charge >= 0.3 is 0 Å². The first kappa shape index (κ1) is 12.1. The highest BCUT2D eigenvalue weighted by Crippen LogP contribution is 2.23. The Morgan fingerprint density at radius 2 is 2.27 bits per heavy atom. The van der Waals surface area contributed by atoms with Crippen LogP contribution in [0.3, 0.4) is 0 Å². The number of nitrogens with zero attached hydrogens (tertiary/aromatic N) is 1. The molecule has 0 saturated carbocycles. The molecule has 0 radical (unpaired) electrons. The number of hydrogen-bond acceptors (Lipinski definition) is 4. The van der Waals surface area contributed by atoms with Crippen LogP contribution < -0.4 is 5.32 Å². The van der Waals surface area contributed by atoms with Crippen molar-refractivity contribution >= 4 is 21.6 Å². The predicted molar refractivity (Wildman–Crippen MR) is 59.6 cm³/mol. The standard InChI is InChI=1S/C9H11BrN2O3/c10-8-2-1-7(6-11-3-4-13)9(5-8)12(14)15/h1-2,5,11,13H,3-4,6H2. The van der Waals surface area contributed by atoms with Crippen LogP contribution in [0.15, 0.2) is 22.7 Å². The Labute approximate surface area is 95.4 Å². The zero-order chi connectivity index (χ0) is 11.3. The zero-order valence-corrected chi connectivity index (χ0v) is 9.53. The highest BCUT2D eigenvalue weighted by molar-refractivity contribution is 9.10. The Bertz CT molecular complexity index is 357. The SMILES string of the molecule is O=[N+]([O-])c1cc(Br)ccc1CNCCO. The molecule has 1 aromatic carbocycles. The summed E-state index contributed by atoms with van der Waals surface area (Å²) in [4.78, 5) is 10.3. The van der Waals surface area contributed by atoms with E-state index in [-0.39, 0.29) is 12.3 Å². The van der Waals surface area contributed by atoms with E-state index in [0.717, 1.165) is 0 Å². The lowest BCUT2D eigenvalue weighted by Gasteiger charge is -2.04. The smallest absolute Gasteiger partial charge is 0.275 e. The van der Waals surface area contributed by atoms with Crippen LogP contribution in [0.2, 0.25) is 0 Å². The average Bonchev–Trinajstić information content (AvgIpc) is 2.20. The number of halogens is 1. The Morgan fingerprint density at radius 1 is 1.53 bits per heavy atom. The van der Waals surface area contributed by atoms with Gasteiger partial charge in [-0.05, 0) is 12.1 Å². The lowest BCUT2D eigenvalue weighted by molar-refractivity contribution is -0.385. The van der Waals surface area contributed by atoms with E-state index in [2.05, 4.69) is 21.2 Å². The molecule has 0 fully saturated rings. The predicted octanol–water partition coefficient (Wildman–Crippen LogP) is 1.44. The van der Waals surface area contributed by atoms with Crippen LogP contribution in [-0.4, -0.2) is 23.2 Å². The molecule has 1 aromatic rings. The molecule has 6 heteroatoms. The van der Waals surface area contributed by atoms with Crippen molar-refractivity contribution in [2.75, 3.05) is 13.2 Å². The minimum atomic E-state index is -0.416. The Kier molecular flexibility index (Phi) is 4.67. The third-order valence-corrected chi connectivity index (χ3v) is 2.34. The number of aliphatic hydroxyl groups excluding tert-OH is 1. The first-order valence-corrected chi connectivity index (χ1v) is 5.19. The lowest BCUT2D eigenvalue weighted by Crippen LogP contribution is -2.18. The van der Waals surface area contributed by atoms with Crippen molar-refractivity contribution in [3.8, 4) is 0 Å². The lowest BCUT2D eigenvalue weighted by atomic mass is 10.2. The molecule has 2 N–H and O–H groups in total. The molecule has 0 aliphatic heterocycles. The summed E-state index contributed by atoms with van der Waals surface area (Å²) in [6.07, 6.45) is 0. The van der Waals surface area contributed by atoms with Crippen molar-refractivity contribution in [2.24, 2.45) is 0 Å². The van der Waals surface area contributed by atoms with Crippen LogP contribution in [0.1, 0.15) is 5.56 Å². The van der Waals surface area contributed by atoms with Crippen LogP contribution in [0.25, 0.3) is 0 Å². The fraction of sp³-hybridized carbons (Fsp3) is 0.333. The van der Waals surface area contributed by atoms with Gasteiger partial charge in [-0.3, -0.25) is 10.1 Å². The monoisotopic (exact) mass is 274 g/mol. The first-order chi connectivity index (χ1) is 7.15. The van der Waals surface area contributed by atoms with Gasteiger partial charge in [-0.15, -0.1) is 0 Å². The van der Waals surface area contributed by atoms with Crippen molar-refractivity contribution < 1.29 is 10.0 Å². The van der Waals surface area contributed by atoms with Gasteiger partial charge in [-0.25, -0.2) is 0 Å². The van der Waals surface area contributed by atoms with Crippen LogP contribution in [-0.2, 0) is 6.54 Å². The van der Waals surface area contributed by atoms with E-state index >= 15 is 0 Å². The van der Waals surface area contributed by atoms with Gasteiger partial charge < -0.3 is 10.4 Å². The molecular weight excluding hydrogens is 264 g/mol. The van der Waals surface area contributed by atoms with Crippen LogP contribution in [0.4, 0.5) is 5.69 Å². The van der Waals surface area contributed by atoms with Gasteiger partial charge in [0.15, 0.2) is 0 Å². The second-order valence-corrected chi connectivity index (χ2v) is 3.85. The summed E-state index contributed by atoms with van der Waals surface area (Å²) >= 11 is 3.18. The topological polar surface area (TPSA) is 75.4 Å². The Morgan fingerprint density at radius 3 is 2.87 bits per heavy atom. The van der Waals surface area contributed by atoms with E-state index in [0.29, 0.717) is 23.1 Å². The molecule has 0 aromatic heterocycles. The van der Waals surface area contributed by atoms with E-state index in [1.165, 1.54) is 6.07 Å². The normalized spacial score (nSPS) is 10.3. The molecule has 0 bridgehead atoms. The van der Waals surface area contributed by atoms with Gasteiger partial charge in [0, 0.05) is 29.2 Å². The van der Waals surface area contributed by atoms with Crippen molar-refractivity contribution in [2.45, 2.75) is 6.54 Å². The highest BCUT2D eigenvalue weighted by Gasteiger charge is 2.13. The summed E-state index contributed by atoms with van der Waals surface area (Å²) in [6, 6.07) is 4.91. The van der Waals surface area contributed by atoms with E-state index < -0.39 is 4.92 Å². The minimum Gasteiger partial charge on any atom is -0.395 e. The molecule has 0 aliphatic carbocycles. The zero-order valence-electron chi connectivity index (χ0n) is 7.94. The molecule has 1 rings (SSSR count). The number of hydrogen-bond donors (Lipinski definition) is 2. The number of nitro groups is 1.